The molecule has 0 aromatic rings. The lowest BCUT2D eigenvalue weighted by molar-refractivity contribution is -0.287. The second-order valence-corrected chi connectivity index (χ2v) is 13.6. The Morgan fingerprint density at radius 3 is 2.55 bits per heavy atom. The van der Waals surface area contributed by atoms with Gasteiger partial charge in [-0.3, -0.25) is 4.79 Å². The van der Waals surface area contributed by atoms with Gasteiger partial charge < -0.3 is 29.2 Å². The van der Waals surface area contributed by atoms with Crippen LogP contribution in [0.3, 0.4) is 0 Å². The third-order valence-electron chi connectivity index (χ3n) is 12.0. The average molecular weight is 533 g/mol. The van der Waals surface area contributed by atoms with Crippen molar-refractivity contribution in [3.8, 4) is 0 Å². The number of carbonyl (C=O) groups excluding carboxylic acids is 2. The molecule has 6 aliphatic rings. The first-order chi connectivity index (χ1) is 18.0. The number of methoxy groups -OCH3 is 1. The van der Waals surface area contributed by atoms with Gasteiger partial charge in [0.25, 0.3) is 0 Å². The minimum atomic E-state index is -0.897. The smallest absolute Gasteiger partial charge is 0.331 e. The molecule has 6 rings (SSSR count). The van der Waals surface area contributed by atoms with Crippen LogP contribution < -0.4 is 0 Å². The number of cyclic esters (lactones) is 1. The third-order valence-corrected chi connectivity index (χ3v) is 12.0. The van der Waals surface area contributed by atoms with Crippen LogP contribution in [0.15, 0.2) is 11.6 Å². The van der Waals surface area contributed by atoms with Gasteiger partial charge in [-0.25, -0.2) is 4.79 Å². The summed E-state index contributed by atoms with van der Waals surface area (Å²) in [4.78, 5) is 26.2. The lowest BCUT2D eigenvalue weighted by atomic mass is 9.36. The van der Waals surface area contributed by atoms with Gasteiger partial charge in [0.05, 0.1) is 23.9 Å². The molecule has 2 N–H and O–H groups in total. The van der Waals surface area contributed by atoms with E-state index in [2.05, 4.69) is 13.8 Å². The number of Topliss-reactive ketones (excluding diaryl/α,β-unsaturated/α-hetero) is 1. The van der Waals surface area contributed by atoms with Crippen molar-refractivity contribution in [2.45, 2.75) is 121 Å². The van der Waals surface area contributed by atoms with E-state index < -0.39 is 28.8 Å². The highest BCUT2D eigenvalue weighted by Gasteiger charge is 2.71. The van der Waals surface area contributed by atoms with E-state index in [0.29, 0.717) is 38.1 Å². The molecule has 2 heterocycles. The fourth-order valence-electron chi connectivity index (χ4n) is 9.81. The van der Waals surface area contributed by atoms with Gasteiger partial charge >= 0.3 is 5.97 Å². The molecule has 38 heavy (non-hydrogen) atoms. The molecule has 212 valence electrons. The summed E-state index contributed by atoms with van der Waals surface area (Å²) in [5.74, 6) is 0.276. The van der Waals surface area contributed by atoms with Crippen LogP contribution in [0.4, 0.5) is 0 Å². The van der Waals surface area contributed by atoms with Crippen LogP contribution in [0.25, 0.3) is 0 Å². The zero-order valence-electron chi connectivity index (χ0n) is 23.2. The molecule has 0 aromatic carbocycles. The summed E-state index contributed by atoms with van der Waals surface area (Å²) in [6.07, 6.45) is 6.93. The minimum absolute atomic E-state index is 0.0677. The summed E-state index contributed by atoms with van der Waals surface area (Å²) in [6.45, 7) is 6.48. The number of esters is 1. The molecule has 5 fully saturated rings. The van der Waals surface area contributed by atoms with Crippen molar-refractivity contribution in [3.63, 3.8) is 0 Å². The second-order valence-electron chi connectivity index (χ2n) is 13.6. The first kappa shape index (κ1) is 26.9. The Labute approximate surface area is 225 Å². The van der Waals surface area contributed by atoms with Crippen LogP contribution in [0.5, 0.6) is 0 Å². The van der Waals surface area contributed by atoms with Crippen molar-refractivity contribution in [1.29, 1.82) is 0 Å². The van der Waals surface area contributed by atoms with E-state index in [1.165, 1.54) is 0 Å². The molecule has 1 saturated heterocycles. The lowest BCUT2D eigenvalue weighted by Gasteiger charge is -2.68. The molecular formula is C30H44O8. The Hall–Kier alpha value is -1.32. The van der Waals surface area contributed by atoms with Crippen molar-refractivity contribution < 1.29 is 38.7 Å². The van der Waals surface area contributed by atoms with Crippen molar-refractivity contribution in [2.24, 2.45) is 28.1 Å². The van der Waals surface area contributed by atoms with E-state index in [9.17, 15) is 19.8 Å². The van der Waals surface area contributed by atoms with Crippen molar-refractivity contribution in [2.75, 3.05) is 13.7 Å². The Bertz CT molecular complexity index is 1030. The van der Waals surface area contributed by atoms with E-state index in [0.717, 1.165) is 44.1 Å². The first-order valence-corrected chi connectivity index (χ1v) is 14.6. The fraction of sp³-hybridized carbons (Fsp3) is 0.867. The van der Waals surface area contributed by atoms with Gasteiger partial charge in [-0.15, -0.1) is 0 Å². The molecule has 11 atom stereocenters. The predicted molar refractivity (Wildman–Crippen MR) is 137 cm³/mol. The SMILES string of the molecule is CO[C@H]1C[C@H](O[C@H]2CC[C@]3(C)[C@H]4CC[C@@]5(C)C(=O)[C@@]4(CC[C@@H]5C4=CC(=O)OC4)CC[C@]3(O)C2)O[C@H](C)[C@H]1O. The standard InChI is InChI=1S/C30H44O8/c1-17-25(32)21(35-4)14-24(37-17)38-19-5-9-28(3)22-7-8-27(2)20(18-13-23(31)36-16-18)6-10-29(22,26(27)33)11-12-30(28,34)15-19/h13,17,19-22,24-25,32,34H,5-12,14-16H2,1-4H3/t17-,19+,20-,21+,22-,24+,25-,27-,28-,29+,30+/m1/s1. The number of fused-ring (bicyclic) bond motifs is 3. The van der Waals surface area contributed by atoms with Crippen LogP contribution in [0.1, 0.15) is 85.0 Å². The number of aliphatic hydroxyl groups is 2. The zero-order valence-corrected chi connectivity index (χ0v) is 23.2. The van der Waals surface area contributed by atoms with E-state index in [1.807, 2.05) is 6.92 Å². The quantitative estimate of drug-likeness (QED) is 0.418. The predicted octanol–water partition coefficient (Wildman–Crippen LogP) is 3.46. The maximum Gasteiger partial charge on any atom is 0.331 e. The van der Waals surface area contributed by atoms with Gasteiger partial charge in [0, 0.05) is 42.3 Å². The van der Waals surface area contributed by atoms with Crippen molar-refractivity contribution >= 4 is 11.8 Å². The van der Waals surface area contributed by atoms with E-state index in [-0.39, 0.29) is 41.5 Å². The summed E-state index contributed by atoms with van der Waals surface area (Å²) in [5.41, 5.74) is -1.14. The molecule has 0 aromatic heterocycles. The molecular weight excluding hydrogens is 488 g/mol. The van der Waals surface area contributed by atoms with E-state index in [4.69, 9.17) is 18.9 Å². The van der Waals surface area contributed by atoms with Crippen LogP contribution in [0, 0.1) is 28.1 Å². The third kappa shape index (κ3) is 3.73. The average Bonchev–Trinajstić information content (AvgIpc) is 3.29. The van der Waals surface area contributed by atoms with Crippen LogP contribution >= 0.6 is 0 Å². The maximum absolute atomic E-state index is 14.4. The highest BCUT2D eigenvalue weighted by atomic mass is 16.7. The molecule has 2 bridgehead atoms. The van der Waals surface area contributed by atoms with Gasteiger partial charge in [0.1, 0.15) is 18.5 Å². The molecule has 0 unspecified atom stereocenters. The van der Waals surface area contributed by atoms with E-state index in [1.54, 1.807) is 13.2 Å². The normalized spacial score (nSPS) is 52.6. The Kier molecular flexibility index (Phi) is 6.44. The monoisotopic (exact) mass is 532 g/mol. The summed E-state index contributed by atoms with van der Waals surface area (Å²) in [5, 5.41) is 22.5. The van der Waals surface area contributed by atoms with Gasteiger partial charge in [0.2, 0.25) is 0 Å². The lowest BCUT2D eigenvalue weighted by Crippen LogP contribution is -2.69. The molecule has 4 saturated carbocycles. The van der Waals surface area contributed by atoms with Gasteiger partial charge in [-0.2, -0.15) is 0 Å². The molecule has 1 spiro atoms. The van der Waals surface area contributed by atoms with Crippen LogP contribution in [-0.4, -0.2) is 72.0 Å². The summed E-state index contributed by atoms with van der Waals surface area (Å²) >= 11 is 0. The molecule has 4 aliphatic carbocycles. The number of carbonyl (C=O) groups is 2. The highest BCUT2D eigenvalue weighted by molar-refractivity contribution is 5.94. The molecule has 0 amide bonds. The van der Waals surface area contributed by atoms with Gasteiger partial charge in [0.15, 0.2) is 6.29 Å². The largest absolute Gasteiger partial charge is 0.458 e. The van der Waals surface area contributed by atoms with Crippen LogP contribution in [-0.2, 0) is 28.5 Å². The second kappa shape index (κ2) is 9.10. The summed E-state index contributed by atoms with van der Waals surface area (Å²) in [7, 11) is 1.59. The molecule has 0 radical (unpaired) electrons. The highest BCUT2D eigenvalue weighted by Crippen LogP contribution is 2.71. The van der Waals surface area contributed by atoms with Crippen molar-refractivity contribution in [1.82, 2.24) is 0 Å². The molecule has 8 nitrogen and oxygen atoms in total. The van der Waals surface area contributed by atoms with E-state index >= 15 is 0 Å². The summed E-state index contributed by atoms with van der Waals surface area (Å²) < 4.78 is 23.0. The Balaban J connectivity index is 1.20. The zero-order chi connectivity index (χ0) is 27.1. The van der Waals surface area contributed by atoms with Crippen LogP contribution in [0.2, 0.25) is 0 Å². The summed E-state index contributed by atoms with van der Waals surface area (Å²) in [6, 6.07) is 0. The number of ketones is 1. The molecule has 2 aliphatic heterocycles. The number of ether oxygens (including phenoxy) is 4. The molecule has 8 heteroatoms. The maximum atomic E-state index is 14.4. The minimum Gasteiger partial charge on any atom is -0.458 e. The van der Waals surface area contributed by atoms with Crippen molar-refractivity contribution in [3.05, 3.63) is 11.6 Å². The topological polar surface area (TPSA) is 112 Å². The van der Waals surface area contributed by atoms with Gasteiger partial charge in [-0.1, -0.05) is 13.8 Å². The number of hydrogen-bond acceptors (Lipinski definition) is 8. The van der Waals surface area contributed by atoms with Gasteiger partial charge in [-0.05, 0) is 75.7 Å². The number of hydrogen-bond donors (Lipinski definition) is 2. The fourth-order valence-corrected chi connectivity index (χ4v) is 9.81. The number of aliphatic hydroxyl groups excluding tert-OH is 1. The first-order valence-electron chi connectivity index (χ1n) is 14.6. The number of rotatable bonds is 4. The Morgan fingerprint density at radius 2 is 1.84 bits per heavy atom. The Morgan fingerprint density at radius 1 is 1.05 bits per heavy atom.